The molecule has 1 N–H and O–H groups in total. The minimum absolute atomic E-state index is 0.0157. The van der Waals surface area contributed by atoms with Crippen molar-refractivity contribution < 1.29 is 18.7 Å². The number of nitrogens with zero attached hydrogens (tertiary/aromatic N) is 1. The second kappa shape index (κ2) is 9.59. The molecule has 0 saturated heterocycles. The van der Waals surface area contributed by atoms with Gasteiger partial charge in [-0.25, -0.2) is 4.39 Å². The summed E-state index contributed by atoms with van der Waals surface area (Å²) in [7, 11) is 1.62. The summed E-state index contributed by atoms with van der Waals surface area (Å²) >= 11 is 1.24. The Morgan fingerprint density at radius 2 is 1.86 bits per heavy atom. The summed E-state index contributed by atoms with van der Waals surface area (Å²) in [6, 6.07) is 14.0. The lowest BCUT2D eigenvalue weighted by molar-refractivity contribution is -0.129. The topological polar surface area (TPSA) is 58.6 Å². The average molecular weight is 402 g/mol. The highest BCUT2D eigenvalue weighted by Crippen LogP contribution is 2.29. The molecule has 7 heteroatoms. The summed E-state index contributed by atoms with van der Waals surface area (Å²) in [5.41, 5.74) is 1.20. The van der Waals surface area contributed by atoms with Crippen molar-refractivity contribution in [1.82, 2.24) is 4.90 Å². The number of hydrogen-bond donors (Lipinski definition) is 1. The molecule has 0 spiro atoms. The smallest absolute Gasteiger partial charge is 0.234 e. The van der Waals surface area contributed by atoms with Gasteiger partial charge in [0.25, 0.3) is 0 Å². The van der Waals surface area contributed by atoms with Gasteiger partial charge in [-0.05, 0) is 42.7 Å². The van der Waals surface area contributed by atoms with Crippen molar-refractivity contribution in [3.8, 4) is 5.75 Å². The first kappa shape index (κ1) is 20.2. The normalized spacial score (nSPS) is 13.1. The molecule has 5 nitrogen and oxygen atoms in total. The van der Waals surface area contributed by atoms with Crippen molar-refractivity contribution in [2.45, 2.75) is 25.4 Å². The summed E-state index contributed by atoms with van der Waals surface area (Å²) in [5, 5.41) is 2.53. The van der Waals surface area contributed by atoms with E-state index in [2.05, 4.69) is 5.32 Å². The molecule has 0 aliphatic heterocycles. The van der Waals surface area contributed by atoms with E-state index >= 15 is 0 Å². The molecule has 0 bridgehead atoms. The highest BCUT2D eigenvalue weighted by Gasteiger charge is 2.32. The zero-order chi connectivity index (χ0) is 19.9. The number of benzene rings is 2. The van der Waals surface area contributed by atoms with E-state index in [0.29, 0.717) is 6.54 Å². The van der Waals surface area contributed by atoms with Gasteiger partial charge in [-0.1, -0.05) is 24.3 Å². The Labute approximate surface area is 168 Å². The van der Waals surface area contributed by atoms with Crippen LogP contribution in [0.5, 0.6) is 5.75 Å². The van der Waals surface area contributed by atoms with Gasteiger partial charge in [0.1, 0.15) is 11.6 Å². The molecule has 1 saturated carbocycles. The molecule has 0 heterocycles. The number of halogens is 1. The zero-order valence-corrected chi connectivity index (χ0v) is 16.5. The monoisotopic (exact) mass is 402 g/mol. The Morgan fingerprint density at radius 3 is 2.50 bits per heavy atom. The number of ether oxygens (including phenoxy) is 1. The van der Waals surface area contributed by atoms with E-state index in [9.17, 15) is 14.0 Å². The zero-order valence-electron chi connectivity index (χ0n) is 15.7. The van der Waals surface area contributed by atoms with Gasteiger partial charge in [-0.2, -0.15) is 0 Å². The Bertz CT molecular complexity index is 825. The van der Waals surface area contributed by atoms with E-state index in [1.165, 1.54) is 23.9 Å². The molecule has 2 aromatic rings. The second-order valence-electron chi connectivity index (χ2n) is 6.62. The molecule has 2 amide bonds. The van der Waals surface area contributed by atoms with Gasteiger partial charge < -0.3 is 15.0 Å². The van der Waals surface area contributed by atoms with E-state index < -0.39 is 5.82 Å². The van der Waals surface area contributed by atoms with Gasteiger partial charge in [0.2, 0.25) is 11.8 Å². The molecule has 1 fully saturated rings. The lowest BCUT2D eigenvalue weighted by atomic mass is 10.2. The third-order valence-electron chi connectivity index (χ3n) is 4.43. The van der Waals surface area contributed by atoms with Crippen molar-refractivity contribution in [2.24, 2.45) is 0 Å². The van der Waals surface area contributed by atoms with Crippen molar-refractivity contribution in [3.05, 3.63) is 59.9 Å². The number of carbonyl (C=O) groups excluding carboxylic acids is 2. The fraction of sp³-hybridized carbons (Fsp3) is 0.333. The first-order valence-corrected chi connectivity index (χ1v) is 10.3. The Morgan fingerprint density at radius 1 is 1.14 bits per heavy atom. The fourth-order valence-corrected chi connectivity index (χ4v) is 3.50. The van der Waals surface area contributed by atoms with Crippen LogP contribution in [0, 0.1) is 5.82 Å². The number of para-hydroxylation sites is 1. The van der Waals surface area contributed by atoms with E-state index in [1.807, 2.05) is 29.2 Å². The van der Waals surface area contributed by atoms with Crippen LogP contribution in [0.25, 0.3) is 0 Å². The highest BCUT2D eigenvalue weighted by molar-refractivity contribution is 8.00. The predicted octanol–water partition coefficient (Wildman–Crippen LogP) is 3.70. The molecule has 0 aromatic heterocycles. The number of nitrogens with one attached hydrogen (secondary N) is 1. The standard InChI is InChI=1S/C21H23FN2O3S/c1-27-17-10-6-15(7-11-17)12-24(16-8-9-16)21(26)14-28-13-20(25)23-19-5-3-2-4-18(19)22/h2-7,10-11,16H,8-9,12-14H2,1H3,(H,23,25). The maximum absolute atomic E-state index is 13.6. The largest absolute Gasteiger partial charge is 0.497 e. The number of amides is 2. The van der Waals surface area contributed by atoms with Crippen LogP contribution in [0.3, 0.4) is 0 Å². The summed E-state index contributed by atoms with van der Waals surface area (Å²) < 4.78 is 18.7. The molecule has 0 radical (unpaired) electrons. The van der Waals surface area contributed by atoms with Gasteiger partial charge in [-0.3, -0.25) is 9.59 Å². The SMILES string of the molecule is COc1ccc(CN(C(=O)CSCC(=O)Nc2ccccc2F)C2CC2)cc1. The van der Waals surface area contributed by atoms with E-state index in [-0.39, 0.29) is 35.0 Å². The first-order valence-electron chi connectivity index (χ1n) is 9.11. The molecule has 2 aromatic carbocycles. The number of hydrogen-bond acceptors (Lipinski definition) is 4. The van der Waals surface area contributed by atoms with Crippen molar-refractivity contribution in [2.75, 3.05) is 23.9 Å². The van der Waals surface area contributed by atoms with E-state index in [0.717, 1.165) is 24.2 Å². The molecule has 0 unspecified atom stereocenters. The van der Waals surface area contributed by atoms with Crippen molar-refractivity contribution >= 4 is 29.3 Å². The van der Waals surface area contributed by atoms with Crippen LogP contribution >= 0.6 is 11.8 Å². The van der Waals surface area contributed by atoms with Crippen LogP contribution in [0.2, 0.25) is 0 Å². The third kappa shape index (κ3) is 5.73. The van der Waals surface area contributed by atoms with Gasteiger partial charge in [-0.15, -0.1) is 11.8 Å². The molecule has 1 aliphatic carbocycles. The summed E-state index contributed by atoms with van der Waals surface area (Å²) in [5.74, 6) is 0.317. The minimum Gasteiger partial charge on any atom is -0.497 e. The van der Waals surface area contributed by atoms with Crippen molar-refractivity contribution in [3.63, 3.8) is 0 Å². The van der Waals surface area contributed by atoms with Gasteiger partial charge in [0.05, 0.1) is 24.3 Å². The second-order valence-corrected chi connectivity index (χ2v) is 7.61. The van der Waals surface area contributed by atoms with Crippen LogP contribution < -0.4 is 10.1 Å². The van der Waals surface area contributed by atoms with E-state index in [4.69, 9.17) is 4.74 Å². The number of carbonyl (C=O) groups is 2. The molecule has 148 valence electrons. The molecular weight excluding hydrogens is 379 g/mol. The van der Waals surface area contributed by atoms with Crippen LogP contribution in [0.1, 0.15) is 18.4 Å². The number of anilines is 1. The minimum atomic E-state index is -0.476. The first-order chi connectivity index (χ1) is 13.6. The summed E-state index contributed by atoms with van der Waals surface area (Å²) in [4.78, 5) is 26.5. The Kier molecular flexibility index (Phi) is 6.92. The van der Waals surface area contributed by atoms with Gasteiger partial charge in [0.15, 0.2) is 0 Å². The third-order valence-corrected chi connectivity index (χ3v) is 5.34. The fourth-order valence-electron chi connectivity index (χ4n) is 2.80. The van der Waals surface area contributed by atoms with Crippen LogP contribution in [0.15, 0.2) is 48.5 Å². The lowest BCUT2D eigenvalue weighted by Crippen LogP contribution is -2.34. The molecule has 0 atom stereocenters. The molecule has 28 heavy (non-hydrogen) atoms. The van der Waals surface area contributed by atoms with Crippen LogP contribution in [-0.4, -0.2) is 41.4 Å². The maximum Gasteiger partial charge on any atom is 0.234 e. The number of methoxy groups -OCH3 is 1. The van der Waals surface area contributed by atoms with Crippen molar-refractivity contribution in [1.29, 1.82) is 0 Å². The molecule has 1 aliphatic rings. The van der Waals surface area contributed by atoms with Crippen LogP contribution in [-0.2, 0) is 16.1 Å². The van der Waals surface area contributed by atoms with Crippen LogP contribution in [0.4, 0.5) is 10.1 Å². The lowest BCUT2D eigenvalue weighted by Gasteiger charge is -2.22. The Hall–Kier alpha value is -2.54. The average Bonchev–Trinajstić information content (AvgIpc) is 3.53. The molecule has 3 rings (SSSR count). The van der Waals surface area contributed by atoms with Gasteiger partial charge in [0, 0.05) is 12.6 Å². The summed E-state index contributed by atoms with van der Waals surface area (Å²) in [6.45, 7) is 0.551. The molecular formula is C21H23FN2O3S. The van der Waals surface area contributed by atoms with Gasteiger partial charge >= 0.3 is 0 Å². The quantitative estimate of drug-likeness (QED) is 0.695. The predicted molar refractivity (Wildman–Crippen MR) is 109 cm³/mol. The number of thioether (sulfide) groups is 1. The van der Waals surface area contributed by atoms with E-state index in [1.54, 1.807) is 19.2 Å². The maximum atomic E-state index is 13.6. The summed E-state index contributed by atoms with van der Waals surface area (Å²) in [6.07, 6.45) is 2.03. The highest BCUT2D eigenvalue weighted by atomic mass is 32.2. The Balaban J connectivity index is 1.47. The number of rotatable bonds is 9.